The largest absolute Gasteiger partial charge is 0.457 e. The van der Waals surface area contributed by atoms with E-state index in [1.54, 1.807) is 26.8 Å². The van der Waals surface area contributed by atoms with Crippen LogP contribution in [0.4, 0.5) is 4.39 Å². The van der Waals surface area contributed by atoms with Crippen molar-refractivity contribution in [3.63, 3.8) is 0 Å². The van der Waals surface area contributed by atoms with E-state index in [1.165, 1.54) is 54.8 Å². The number of aryl methyl sites for hydroxylation is 1. The van der Waals surface area contributed by atoms with E-state index in [2.05, 4.69) is 9.88 Å². The van der Waals surface area contributed by atoms with Crippen LogP contribution in [0.15, 0.2) is 64.0 Å². The van der Waals surface area contributed by atoms with E-state index in [4.69, 9.17) is 9.26 Å². The summed E-state index contributed by atoms with van der Waals surface area (Å²) in [6.07, 6.45) is 1.47. The molecule has 2 N–H and O–H groups in total. The first kappa shape index (κ1) is 25.7. The molecule has 0 saturated heterocycles. The van der Waals surface area contributed by atoms with Crippen LogP contribution in [-0.2, 0) is 20.2 Å². The van der Waals surface area contributed by atoms with Gasteiger partial charge in [-0.05, 0) is 67.4 Å². The summed E-state index contributed by atoms with van der Waals surface area (Å²) >= 11 is 0.724. The number of hydrogen-bond donors (Lipinski definition) is 2. The fourth-order valence-corrected chi connectivity index (χ4v) is 4.70. The second-order valence-corrected chi connectivity index (χ2v) is 10.3. The summed E-state index contributed by atoms with van der Waals surface area (Å²) in [7, 11) is -4.21. The maximum Gasteiger partial charge on any atom is 0.275 e. The number of carbonyl (C=O) groups is 1. The lowest BCUT2D eigenvalue weighted by Crippen LogP contribution is -2.55. The molecule has 1 amide bonds. The van der Waals surface area contributed by atoms with E-state index < -0.39 is 33.2 Å². The molecular weight excluding hydrogens is 485 g/mol. The monoisotopic (exact) mass is 509 g/mol. The Morgan fingerprint density at radius 1 is 1.18 bits per heavy atom. The number of rotatable bonds is 9. The van der Waals surface area contributed by atoms with Gasteiger partial charge in [-0.3, -0.25) is 10.0 Å². The van der Waals surface area contributed by atoms with Gasteiger partial charge in [-0.25, -0.2) is 12.8 Å². The SMILES string of the molecule is CSN(O)C(=O)[C@@H](NS(=O)(=O)c1ccc(Oc2ccc(F)cc2)cc1)C(C)(C)c1cc(C)on1. The molecule has 0 saturated carbocycles. The highest BCUT2D eigenvalue weighted by Crippen LogP contribution is 2.30. The second kappa shape index (κ2) is 10.1. The number of nitrogens with zero attached hydrogens (tertiary/aromatic N) is 2. The third-order valence-electron chi connectivity index (χ3n) is 5.07. The number of nitrogens with one attached hydrogen (secondary N) is 1. The molecule has 9 nitrogen and oxygen atoms in total. The number of sulfonamides is 1. The first-order valence-electron chi connectivity index (χ1n) is 10.0. The molecule has 0 radical (unpaired) electrons. The third kappa shape index (κ3) is 5.76. The van der Waals surface area contributed by atoms with Crippen molar-refractivity contribution in [3.05, 3.63) is 71.9 Å². The minimum Gasteiger partial charge on any atom is -0.457 e. The molecular formula is C22H24FN3O6S2. The van der Waals surface area contributed by atoms with Gasteiger partial charge in [0.05, 0.1) is 10.6 Å². The van der Waals surface area contributed by atoms with Crippen LogP contribution in [0.2, 0.25) is 0 Å². The fraction of sp³-hybridized carbons (Fsp3) is 0.273. The first-order valence-corrected chi connectivity index (χ1v) is 12.7. The Labute approximate surface area is 201 Å². The van der Waals surface area contributed by atoms with Gasteiger partial charge in [0, 0.05) is 17.7 Å². The van der Waals surface area contributed by atoms with Crippen molar-refractivity contribution in [1.82, 2.24) is 14.3 Å². The molecule has 0 aliphatic heterocycles. The van der Waals surface area contributed by atoms with Crippen molar-refractivity contribution in [1.29, 1.82) is 0 Å². The smallest absolute Gasteiger partial charge is 0.275 e. The molecule has 0 aliphatic rings. The van der Waals surface area contributed by atoms with E-state index in [0.29, 0.717) is 27.4 Å². The van der Waals surface area contributed by atoms with Crippen molar-refractivity contribution >= 4 is 27.9 Å². The van der Waals surface area contributed by atoms with Crippen molar-refractivity contribution in [2.45, 2.75) is 37.1 Å². The Morgan fingerprint density at radius 2 is 1.74 bits per heavy atom. The minimum atomic E-state index is -4.21. The number of hydroxylamine groups is 1. The highest BCUT2D eigenvalue weighted by Gasteiger charge is 2.43. The summed E-state index contributed by atoms with van der Waals surface area (Å²) in [5.41, 5.74) is -0.840. The zero-order valence-corrected chi connectivity index (χ0v) is 20.5. The highest BCUT2D eigenvalue weighted by atomic mass is 32.2. The maximum atomic E-state index is 13.2. The molecule has 0 unspecified atom stereocenters. The zero-order chi connectivity index (χ0) is 25.1. The molecule has 0 spiro atoms. The first-order chi connectivity index (χ1) is 15.9. The van der Waals surface area contributed by atoms with E-state index in [9.17, 15) is 22.8 Å². The zero-order valence-electron chi connectivity index (χ0n) is 18.9. The summed E-state index contributed by atoms with van der Waals surface area (Å²) in [4.78, 5) is 12.8. The molecule has 0 aliphatic carbocycles. The number of ether oxygens (including phenoxy) is 1. The van der Waals surface area contributed by atoms with Crippen LogP contribution in [0.25, 0.3) is 0 Å². The molecule has 34 heavy (non-hydrogen) atoms. The highest BCUT2D eigenvalue weighted by molar-refractivity contribution is 7.96. The van der Waals surface area contributed by atoms with Crippen LogP contribution in [-0.4, -0.2) is 41.5 Å². The van der Waals surface area contributed by atoms with E-state index in [0.717, 1.165) is 11.9 Å². The molecule has 2 aromatic carbocycles. The van der Waals surface area contributed by atoms with Crippen LogP contribution in [0.3, 0.4) is 0 Å². The summed E-state index contributed by atoms with van der Waals surface area (Å²) in [5.74, 6) is -0.0840. The number of aromatic nitrogens is 1. The van der Waals surface area contributed by atoms with E-state index in [1.807, 2.05) is 0 Å². The minimum absolute atomic E-state index is 0.127. The molecule has 1 atom stereocenters. The number of halogens is 1. The molecule has 1 aromatic heterocycles. The normalized spacial score (nSPS) is 12.9. The van der Waals surface area contributed by atoms with Gasteiger partial charge < -0.3 is 9.26 Å². The molecule has 12 heteroatoms. The molecule has 0 fully saturated rings. The van der Waals surface area contributed by atoms with Gasteiger partial charge in [-0.2, -0.15) is 9.19 Å². The lowest BCUT2D eigenvalue weighted by molar-refractivity contribution is -0.148. The molecule has 3 rings (SSSR count). The third-order valence-corrected chi connectivity index (χ3v) is 7.04. The number of hydrogen-bond acceptors (Lipinski definition) is 8. The Morgan fingerprint density at radius 3 is 2.24 bits per heavy atom. The van der Waals surface area contributed by atoms with Gasteiger partial charge in [0.15, 0.2) is 0 Å². The summed E-state index contributed by atoms with van der Waals surface area (Å²) in [6, 6.07) is 11.0. The Hall–Kier alpha value is -2.93. The average molecular weight is 510 g/mol. The molecule has 182 valence electrons. The van der Waals surface area contributed by atoms with Crippen LogP contribution < -0.4 is 9.46 Å². The summed E-state index contributed by atoms with van der Waals surface area (Å²) in [6.45, 7) is 4.90. The Kier molecular flexibility index (Phi) is 7.66. The predicted molar refractivity (Wildman–Crippen MR) is 123 cm³/mol. The van der Waals surface area contributed by atoms with Crippen LogP contribution in [0.5, 0.6) is 11.5 Å². The van der Waals surface area contributed by atoms with Gasteiger partial charge in [-0.15, -0.1) is 0 Å². The average Bonchev–Trinajstić information content (AvgIpc) is 3.25. The van der Waals surface area contributed by atoms with Crippen LogP contribution in [0, 0.1) is 12.7 Å². The van der Waals surface area contributed by atoms with Gasteiger partial charge in [0.2, 0.25) is 10.0 Å². The number of carbonyl (C=O) groups excluding carboxylic acids is 1. The fourth-order valence-electron chi connectivity index (χ4n) is 3.07. The maximum absolute atomic E-state index is 13.2. The van der Waals surface area contributed by atoms with Crippen molar-refractivity contribution < 1.29 is 32.1 Å². The van der Waals surface area contributed by atoms with Crippen molar-refractivity contribution in [3.8, 4) is 11.5 Å². The van der Waals surface area contributed by atoms with E-state index >= 15 is 0 Å². The molecule has 0 bridgehead atoms. The van der Waals surface area contributed by atoms with Gasteiger partial charge in [-0.1, -0.05) is 19.0 Å². The van der Waals surface area contributed by atoms with Crippen LogP contribution in [0.1, 0.15) is 25.3 Å². The summed E-state index contributed by atoms with van der Waals surface area (Å²) in [5, 5.41) is 13.9. The lowest BCUT2D eigenvalue weighted by Gasteiger charge is -2.33. The van der Waals surface area contributed by atoms with Crippen LogP contribution >= 0.6 is 11.9 Å². The summed E-state index contributed by atoms with van der Waals surface area (Å²) < 4.78 is 52.8. The Balaban J connectivity index is 1.87. The van der Waals surface area contributed by atoms with Crippen molar-refractivity contribution in [2.75, 3.05) is 6.26 Å². The van der Waals surface area contributed by atoms with Gasteiger partial charge >= 0.3 is 0 Å². The molecule has 1 heterocycles. The van der Waals surface area contributed by atoms with Gasteiger partial charge in [0.25, 0.3) is 5.91 Å². The topological polar surface area (TPSA) is 122 Å². The number of benzene rings is 2. The standard InChI is InChI=1S/C22H24FN3O6S2/c1-14-13-19(24-32-14)22(2,3)20(21(27)26(28)33-4)25-34(29,30)18-11-9-17(10-12-18)31-16-7-5-15(23)6-8-16/h5-13,20,25,28H,1-4H3/t20-/m1/s1. The second-order valence-electron chi connectivity index (χ2n) is 7.92. The number of amides is 1. The Bertz CT molecular complexity index is 1240. The van der Waals surface area contributed by atoms with Crippen molar-refractivity contribution in [2.24, 2.45) is 0 Å². The quantitative estimate of drug-likeness (QED) is 0.252. The predicted octanol–water partition coefficient (Wildman–Crippen LogP) is 4.03. The van der Waals surface area contributed by atoms with E-state index in [-0.39, 0.29) is 4.90 Å². The molecule has 3 aromatic rings. The lowest BCUT2D eigenvalue weighted by atomic mass is 9.81. The van der Waals surface area contributed by atoms with Gasteiger partial charge in [0.1, 0.15) is 29.1 Å².